The van der Waals surface area contributed by atoms with Crippen molar-refractivity contribution < 1.29 is 10.2 Å². The highest BCUT2D eigenvalue weighted by molar-refractivity contribution is 6.10. The maximum Gasteiger partial charge on any atom is 0.0501 e. The van der Waals surface area contributed by atoms with Gasteiger partial charge in [-0.15, -0.1) is 0 Å². The third-order valence-electron chi connectivity index (χ3n) is 3.60. The predicted octanol–water partition coefficient (Wildman–Crippen LogP) is 2.39. The molecule has 0 atom stereocenters. The van der Waals surface area contributed by atoms with Crippen molar-refractivity contribution >= 4 is 21.8 Å². The largest absolute Gasteiger partial charge is 0.396 e. The van der Waals surface area contributed by atoms with Gasteiger partial charge in [0, 0.05) is 29.5 Å². The monoisotopic (exact) mass is 255 g/mol. The average molecular weight is 255 g/mol. The highest BCUT2D eigenvalue weighted by Crippen LogP contribution is 2.31. The summed E-state index contributed by atoms with van der Waals surface area (Å²) in [7, 11) is 0. The highest BCUT2D eigenvalue weighted by atomic mass is 16.3. The van der Waals surface area contributed by atoms with Crippen LogP contribution in [0.4, 0.5) is 0 Å². The highest BCUT2D eigenvalue weighted by Gasteiger charge is 2.11. The summed E-state index contributed by atoms with van der Waals surface area (Å²) in [6.07, 6.45) is 1.29. The van der Waals surface area contributed by atoms with Gasteiger partial charge in [-0.2, -0.15) is 0 Å². The molecule has 0 amide bonds. The Morgan fingerprint density at radius 3 is 2.32 bits per heavy atom. The zero-order valence-electron chi connectivity index (χ0n) is 10.7. The van der Waals surface area contributed by atoms with Gasteiger partial charge in [0.05, 0.1) is 5.52 Å². The SMILES string of the molecule is OCCc1ccc(CCO)c2c1[nH]c1ccccc12. The first-order valence-corrected chi connectivity index (χ1v) is 6.58. The van der Waals surface area contributed by atoms with Gasteiger partial charge < -0.3 is 15.2 Å². The Balaban J connectivity index is 2.36. The number of hydrogen-bond acceptors (Lipinski definition) is 2. The van der Waals surface area contributed by atoms with E-state index in [0.29, 0.717) is 12.8 Å². The van der Waals surface area contributed by atoms with Crippen LogP contribution in [0.5, 0.6) is 0 Å². The van der Waals surface area contributed by atoms with Crippen LogP contribution in [0.2, 0.25) is 0 Å². The van der Waals surface area contributed by atoms with Crippen LogP contribution in [0.25, 0.3) is 21.8 Å². The fraction of sp³-hybridized carbons (Fsp3) is 0.250. The molecule has 0 saturated heterocycles. The van der Waals surface area contributed by atoms with E-state index in [-0.39, 0.29) is 13.2 Å². The molecule has 1 heterocycles. The summed E-state index contributed by atoms with van der Waals surface area (Å²) < 4.78 is 0. The molecule has 19 heavy (non-hydrogen) atoms. The minimum atomic E-state index is 0.143. The van der Waals surface area contributed by atoms with E-state index in [9.17, 15) is 10.2 Å². The van der Waals surface area contributed by atoms with Crippen molar-refractivity contribution in [2.45, 2.75) is 12.8 Å². The second-order valence-electron chi connectivity index (χ2n) is 4.75. The maximum absolute atomic E-state index is 9.21. The lowest BCUT2D eigenvalue weighted by Gasteiger charge is -2.06. The van der Waals surface area contributed by atoms with Crippen LogP contribution >= 0.6 is 0 Å². The molecule has 1 aromatic heterocycles. The van der Waals surface area contributed by atoms with E-state index in [4.69, 9.17) is 0 Å². The van der Waals surface area contributed by atoms with Gasteiger partial charge in [0.15, 0.2) is 0 Å². The second-order valence-corrected chi connectivity index (χ2v) is 4.75. The number of aliphatic hydroxyl groups excluding tert-OH is 2. The van der Waals surface area contributed by atoms with E-state index in [0.717, 1.165) is 22.2 Å². The van der Waals surface area contributed by atoms with Crippen molar-refractivity contribution in [3.63, 3.8) is 0 Å². The number of aromatic amines is 1. The van der Waals surface area contributed by atoms with E-state index in [1.165, 1.54) is 10.8 Å². The molecule has 98 valence electrons. The van der Waals surface area contributed by atoms with E-state index >= 15 is 0 Å². The lowest BCUT2D eigenvalue weighted by atomic mass is 9.99. The maximum atomic E-state index is 9.21. The fourth-order valence-electron chi connectivity index (χ4n) is 2.74. The lowest BCUT2D eigenvalue weighted by Crippen LogP contribution is -1.96. The topological polar surface area (TPSA) is 56.2 Å². The number of nitrogens with one attached hydrogen (secondary N) is 1. The fourth-order valence-corrected chi connectivity index (χ4v) is 2.74. The molecular formula is C16H17NO2. The van der Waals surface area contributed by atoms with Crippen molar-refractivity contribution in [3.05, 3.63) is 47.5 Å². The molecule has 0 spiro atoms. The van der Waals surface area contributed by atoms with Gasteiger partial charge in [-0.05, 0) is 30.0 Å². The number of fused-ring (bicyclic) bond motifs is 3. The smallest absolute Gasteiger partial charge is 0.0501 e. The van der Waals surface area contributed by atoms with E-state index < -0.39 is 0 Å². The third kappa shape index (κ3) is 2.01. The summed E-state index contributed by atoms with van der Waals surface area (Å²) in [4.78, 5) is 3.44. The predicted molar refractivity (Wildman–Crippen MR) is 77.4 cm³/mol. The molecule has 3 rings (SSSR count). The molecular weight excluding hydrogens is 238 g/mol. The van der Waals surface area contributed by atoms with Gasteiger partial charge in [-0.25, -0.2) is 0 Å². The summed E-state index contributed by atoms with van der Waals surface area (Å²) >= 11 is 0. The van der Waals surface area contributed by atoms with Crippen LogP contribution in [0.3, 0.4) is 0 Å². The number of para-hydroxylation sites is 1. The standard InChI is InChI=1S/C16H17NO2/c18-9-7-11-5-6-12(8-10-19)16-15(11)13-3-1-2-4-14(13)17-16/h1-6,17-19H,7-10H2. The van der Waals surface area contributed by atoms with Crippen molar-refractivity contribution in [1.29, 1.82) is 0 Å². The lowest BCUT2D eigenvalue weighted by molar-refractivity contribution is 0.299. The van der Waals surface area contributed by atoms with Crippen molar-refractivity contribution in [1.82, 2.24) is 4.98 Å². The molecule has 0 aliphatic heterocycles. The van der Waals surface area contributed by atoms with Gasteiger partial charge in [-0.1, -0.05) is 30.3 Å². The summed E-state index contributed by atoms with van der Waals surface area (Å²) in [6.45, 7) is 0.289. The molecule has 3 nitrogen and oxygen atoms in total. The Hall–Kier alpha value is -1.84. The first-order valence-electron chi connectivity index (χ1n) is 6.58. The van der Waals surface area contributed by atoms with Gasteiger partial charge in [-0.3, -0.25) is 0 Å². The Labute approximate surface area is 111 Å². The molecule has 0 unspecified atom stereocenters. The van der Waals surface area contributed by atoms with Crippen molar-refractivity contribution in [2.75, 3.05) is 13.2 Å². The Morgan fingerprint density at radius 1 is 0.842 bits per heavy atom. The Morgan fingerprint density at radius 2 is 1.53 bits per heavy atom. The van der Waals surface area contributed by atoms with Crippen LogP contribution in [0, 0.1) is 0 Å². The zero-order valence-corrected chi connectivity index (χ0v) is 10.7. The quantitative estimate of drug-likeness (QED) is 0.670. The number of aliphatic hydroxyl groups is 2. The molecule has 0 radical (unpaired) electrons. The zero-order chi connectivity index (χ0) is 13.2. The second kappa shape index (κ2) is 5.03. The summed E-state index contributed by atoms with van der Waals surface area (Å²) in [5.41, 5.74) is 4.45. The third-order valence-corrected chi connectivity index (χ3v) is 3.60. The van der Waals surface area contributed by atoms with Crippen LogP contribution < -0.4 is 0 Å². The van der Waals surface area contributed by atoms with E-state index in [2.05, 4.69) is 23.2 Å². The van der Waals surface area contributed by atoms with Gasteiger partial charge in [0.25, 0.3) is 0 Å². The van der Waals surface area contributed by atoms with E-state index in [1.54, 1.807) is 0 Å². The minimum Gasteiger partial charge on any atom is -0.396 e. The molecule has 0 aliphatic carbocycles. The molecule has 0 fully saturated rings. The molecule has 0 bridgehead atoms. The van der Waals surface area contributed by atoms with Crippen LogP contribution in [-0.4, -0.2) is 28.4 Å². The van der Waals surface area contributed by atoms with Crippen molar-refractivity contribution in [3.8, 4) is 0 Å². The van der Waals surface area contributed by atoms with Crippen LogP contribution in [-0.2, 0) is 12.8 Å². The normalized spacial score (nSPS) is 11.5. The van der Waals surface area contributed by atoms with Crippen molar-refractivity contribution in [2.24, 2.45) is 0 Å². The molecule has 0 saturated carbocycles. The molecule has 0 aliphatic rings. The number of rotatable bonds is 4. The summed E-state index contributed by atoms with van der Waals surface area (Å²) in [5.74, 6) is 0. The molecule has 3 aromatic rings. The summed E-state index contributed by atoms with van der Waals surface area (Å²) in [5, 5.41) is 20.7. The summed E-state index contributed by atoms with van der Waals surface area (Å²) in [6, 6.07) is 12.3. The number of hydrogen-bond donors (Lipinski definition) is 3. The van der Waals surface area contributed by atoms with Crippen LogP contribution in [0.15, 0.2) is 36.4 Å². The Kier molecular flexibility index (Phi) is 3.23. The first kappa shape index (κ1) is 12.2. The Bertz CT molecular complexity index is 715. The number of aromatic nitrogens is 1. The first-order chi connectivity index (χ1) is 9.35. The van der Waals surface area contributed by atoms with Crippen LogP contribution in [0.1, 0.15) is 11.1 Å². The van der Waals surface area contributed by atoms with E-state index in [1.807, 2.05) is 18.2 Å². The minimum absolute atomic E-state index is 0.143. The molecule has 2 aromatic carbocycles. The number of H-pyrrole nitrogens is 1. The number of benzene rings is 2. The van der Waals surface area contributed by atoms with Gasteiger partial charge >= 0.3 is 0 Å². The molecule has 3 N–H and O–H groups in total. The van der Waals surface area contributed by atoms with Gasteiger partial charge in [0.1, 0.15) is 0 Å². The molecule has 3 heteroatoms. The average Bonchev–Trinajstić information content (AvgIpc) is 2.82. The van der Waals surface area contributed by atoms with Gasteiger partial charge in [0.2, 0.25) is 0 Å².